The minimum atomic E-state index is -4.77. The Morgan fingerprint density at radius 2 is 1.77 bits per heavy atom. The second-order valence-electron chi connectivity index (χ2n) is 5.67. The van der Waals surface area contributed by atoms with Crippen LogP contribution >= 0.6 is 22.9 Å². The maximum atomic E-state index is 13.2. The zero-order chi connectivity index (χ0) is 18.3. The Morgan fingerprint density at radius 3 is 2.50 bits per heavy atom. The predicted octanol–water partition coefficient (Wildman–Crippen LogP) is 5.94. The molecule has 3 nitrogen and oxygen atoms in total. The summed E-state index contributed by atoms with van der Waals surface area (Å²) in [4.78, 5) is 5.28. The molecule has 0 unspecified atom stereocenters. The van der Waals surface area contributed by atoms with Crippen molar-refractivity contribution in [1.82, 2.24) is 4.98 Å². The van der Waals surface area contributed by atoms with Gasteiger partial charge in [0, 0.05) is 15.8 Å². The molecule has 0 atom stereocenters. The highest BCUT2D eigenvalue weighted by Gasteiger charge is 2.14. The Bertz CT molecular complexity index is 1220. The molecule has 7 heteroatoms. The average Bonchev–Trinajstić information content (AvgIpc) is 3.14. The average molecular weight is 404 g/mol. The Hall–Kier alpha value is -2.28. The van der Waals surface area contributed by atoms with Crippen LogP contribution in [0.4, 0.5) is 3.89 Å². The molecule has 4 aromatic rings. The first-order valence-corrected chi connectivity index (χ1v) is 10.3. The largest absolute Gasteiger partial charge is 0.332 e. The van der Waals surface area contributed by atoms with Gasteiger partial charge >= 0.3 is 10.2 Å². The van der Waals surface area contributed by atoms with E-state index in [1.807, 2.05) is 41.8 Å². The molecule has 2 heterocycles. The van der Waals surface area contributed by atoms with Gasteiger partial charge in [0.2, 0.25) is 0 Å². The number of aromatic nitrogens is 1. The fraction of sp³-hybridized carbons (Fsp3) is 0. The molecule has 0 fully saturated rings. The minimum Gasteiger partial charge on any atom is -0.246 e. The third kappa shape index (κ3) is 3.23. The summed E-state index contributed by atoms with van der Waals surface area (Å²) >= 11 is 8.02. The number of pyridine rings is 1. The number of hydrogen-bond acceptors (Lipinski definition) is 4. The molecule has 0 radical (unpaired) electrons. The fourth-order valence-electron chi connectivity index (χ4n) is 2.75. The lowest BCUT2D eigenvalue weighted by Crippen LogP contribution is -1.93. The summed E-state index contributed by atoms with van der Waals surface area (Å²) in [7, 11) is -4.77. The third-order valence-electron chi connectivity index (χ3n) is 3.96. The van der Waals surface area contributed by atoms with Gasteiger partial charge in [-0.05, 0) is 47.3 Å². The summed E-state index contributed by atoms with van der Waals surface area (Å²) in [5.74, 6) is 0. The smallest absolute Gasteiger partial charge is 0.246 e. The van der Waals surface area contributed by atoms with Gasteiger partial charge in [-0.2, -0.15) is 8.42 Å². The van der Waals surface area contributed by atoms with Gasteiger partial charge in [0.1, 0.15) is 0 Å². The molecule has 2 aromatic heterocycles. The SMILES string of the molecule is O=S(=O)(F)c1ccc2nc(-c3cccc(-c4cccs4)c3)c(Cl)cc2c1. The molecule has 0 saturated heterocycles. The molecule has 0 saturated carbocycles. The normalized spacial score (nSPS) is 11.8. The minimum absolute atomic E-state index is 0.370. The van der Waals surface area contributed by atoms with E-state index in [1.165, 1.54) is 18.2 Å². The third-order valence-corrected chi connectivity index (χ3v) is 5.99. The number of hydrogen-bond donors (Lipinski definition) is 0. The van der Waals surface area contributed by atoms with Gasteiger partial charge in [0.05, 0.1) is 21.1 Å². The van der Waals surface area contributed by atoms with Crippen LogP contribution in [-0.4, -0.2) is 13.4 Å². The van der Waals surface area contributed by atoms with E-state index >= 15 is 0 Å². The van der Waals surface area contributed by atoms with Crippen LogP contribution in [0.25, 0.3) is 32.6 Å². The van der Waals surface area contributed by atoms with Crippen molar-refractivity contribution in [3.05, 3.63) is 71.1 Å². The monoisotopic (exact) mass is 403 g/mol. The first-order valence-electron chi connectivity index (χ1n) is 7.61. The number of benzene rings is 2. The molecule has 4 rings (SSSR count). The van der Waals surface area contributed by atoms with Gasteiger partial charge in [-0.15, -0.1) is 15.2 Å². The summed E-state index contributed by atoms with van der Waals surface area (Å²) in [6.45, 7) is 0. The maximum Gasteiger partial charge on any atom is 0.332 e. The van der Waals surface area contributed by atoms with Gasteiger partial charge in [0.15, 0.2) is 0 Å². The van der Waals surface area contributed by atoms with E-state index in [9.17, 15) is 12.3 Å². The number of rotatable bonds is 3. The highest BCUT2D eigenvalue weighted by Crippen LogP contribution is 2.33. The number of nitrogens with zero attached hydrogens (tertiary/aromatic N) is 1. The molecule has 0 aliphatic carbocycles. The lowest BCUT2D eigenvalue weighted by atomic mass is 10.1. The van der Waals surface area contributed by atoms with E-state index < -0.39 is 15.1 Å². The van der Waals surface area contributed by atoms with Crippen LogP contribution in [0.15, 0.2) is 70.9 Å². The molecule has 0 bridgehead atoms. The van der Waals surface area contributed by atoms with Crippen LogP contribution in [-0.2, 0) is 10.2 Å². The van der Waals surface area contributed by atoms with Crippen LogP contribution in [0.5, 0.6) is 0 Å². The molecule has 26 heavy (non-hydrogen) atoms. The fourth-order valence-corrected chi connectivity index (χ4v) is 4.24. The van der Waals surface area contributed by atoms with E-state index in [2.05, 4.69) is 4.98 Å². The van der Waals surface area contributed by atoms with Crippen molar-refractivity contribution in [3.8, 4) is 21.7 Å². The Morgan fingerprint density at radius 1 is 0.962 bits per heavy atom. The van der Waals surface area contributed by atoms with E-state index in [0.717, 1.165) is 16.0 Å². The molecular weight excluding hydrogens is 393 g/mol. The molecule has 0 aliphatic heterocycles. The van der Waals surface area contributed by atoms with Gasteiger partial charge in [0.25, 0.3) is 0 Å². The molecule has 130 valence electrons. The molecule has 0 aliphatic rings. The highest BCUT2D eigenvalue weighted by molar-refractivity contribution is 7.86. The summed E-state index contributed by atoms with van der Waals surface area (Å²) in [6, 6.07) is 17.4. The zero-order valence-corrected chi connectivity index (χ0v) is 15.6. The molecule has 0 spiro atoms. The topological polar surface area (TPSA) is 47.0 Å². The molecular formula is C19H11ClFNO2S2. The lowest BCUT2D eigenvalue weighted by Gasteiger charge is -2.08. The highest BCUT2D eigenvalue weighted by atomic mass is 35.5. The van der Waals surface area contributed by atoms with Crippen LogP contribution in [0.1, 0.15) is 0 Å². The van der Waals surface area contributed by atoms with E-state index in [0.29, 0.717) is 21.6 Å². The van der Waals surface area contributed by atoms with E-state index in [1.54, 1.807) is 17.4 Å². The summed E-state index contributed by atoms with van der Waals surface area (Å²) in [6.07, 6.45) is 0. The van der Waals surface area contributed by atoms with Crippen molar-refractivity contribution in [1.29, 1.82) is 0 Å². The van der Waals surface area contributed by atoms with Gasteiger partial charge in [-0.1, -0.05) is 35.9 Å². The quantitative estimate of drug-likeness (QED) is 0.397. The van der Waals surface area contributed by atoms with E-state index in [-0.39, 0.29) is 0 Å². The van der Waals surface area contributed by atoms with Crippen molar-refractivity contribution >= 4 is 44.1 Å². The number of thiophene rings is 1. The zero-order valence-electron chi connectivity index (χ0n) is 13.2. The molecule has 0 amide bonds. The molecule has 0 N–H and O–H groups in total. The van der Waals surface area contributed by atoms with Crippen LogP contribution in [0.3, 0.4) is 0 Å². The second kappa shape index (κ2) is 6.46. The van der Waals surface area contributed by atoms with Crippen LogP contribution in [0.2, 0.25) is 5.02 Å². The standard InChI is InChI=1S/C19H11ClFNO2S2/c20-16-11-14-10-15(26(21,23)24)6-7-17(14)22-19(16)13-4-1-3-12(9-13)18-5-2-8-25-18/h1-11H. The van der Waals surface area contributed by atoms with Crippen molar-refractivity contribution < 1.29 is 12.3 Å². The maximum absolute atomic E-state index is 13.2. The van der Waals surface area contributed by atoms with Gasteiger partial charge < -0.3 is 0 Å². The first-order chi connectivity index (χ1) is 12.4. The van der Waals surface area contributed by atoms with Crippen molar-refractivity contribution in [2.24, 2.45) is 0 Å². The van der Waals surface area contributed by atoms with Gasteiger partial charge in [-0.3, -0.25) is 0 Å². The number of fused-ring (bicyclic) bond motifs is 1. The lowest BCUT2D eigenvalue weighted by molar-refractivity contribution is 0.552. The predicted molar refractivity (Wildman–Crippen MR) is 104 cm³/mol. The number of halogens is 2. The van der Waals surface area contributed by atoms with Crippen molar-refractivity contribution in [2.45, 2.75) is 4.90 Å². The second-order valence-corrected chi connectivity index (χ2v) is 8.37. The van der Waals surface area contributed by atoms with Crippen molar-refractivity contribution in [3.63, 3.8) is 0 Å². The summed E-state index contributed by atoms with van der Waals surface area (Å²) in [5.41, 5.74) is 3.05. The molecule has 2 aromatic carbocycles. The Labute approximate surface area is 158 Å². The summed E-state index contributed by atoms with van der Waals surface area (Å²) in [5, 5.41) is 2.85. The van der Waals surface area contributed by atoms with Crippen molar-refractivity contribution in [2.75, 3.05) is 0 Å². The Kier molecular flexibility index (Phi) is 4.26. The first kappa shape index (κ1) is 17.1. The Balaban J connectivity index is 1.85. The van der Waals surface area contributed by atoms with Gasteiger partial charge in [-0.25, -0.2) is 4.98 Å². The van der Waals surface area contributed by atoms with Crippen LogP contribution in [0, 0.1) is 0 Å². The van der Waals surface area contributed by atoms with E-state index in [4.69, 9.17) is 11.6 Å². The summed E-state index contributed by atoms with van der Waals surface area (Å²) < 4.78 is 35.4. The van der Waals surface area contributed by atoms with Crippen LogP contribution < -0.4 is 0 Å².